The number of rotatable bonds is 4. The molecule has 1 N–H and O–H groups in total. The average Bonchev–Trinajstić information content (AvgIpc) is 2.47. The Bertz CT molecular complexity index is 635. The Hall–Kier alpha value is -2.29. The third kappa shape index (κ3) is 3.63. The van der Waals surface area contributed by atoms with E-state index in [0.29, 0.717) is 5.56 Å². The highest BCUT2D eigenvalue weighted by molar-refractivity contribution is 5.95. The van der Waals surface area contributed by atoms with Crippen LogP contribution in [0.1, 0.15) is 34.5 Å². The molecule has 0 aromatic heterocycles. The van der Waals surface area contributed by atoms with Crippen molar-refractivity contribution < 1.29 is 4.79 Å². The number of amides is 1. The van der Waals surface area contributed by atoms with E-state index in [0.717, 1.165) is 11.3 Å². The smallest absolute Gasteiger partial charge is 0.251 e. The normalized spacial score (nSPS) is 11.8. The van der Waals surface area contributed by atoms with Crippen LogP contribution < -0.4 is 10.2 Å². The van der Waals surface area contributed by atoms with E-state index < -0.39 is 0 Å². The molecule has 3 heteroatoms. The van der Waals surface area contributed by atoms with Gasteiger partial charge in [-0.3, -0.25) is 4.79 Å². The van der Waals surface area contributed by atoms with Crippen LogP contribution in [-0.4, -0.2) is 20.0 Å². The summed E-state index contributed by atoms with van der Waals surface area (Å²) in [4.78, 5) is 14.4. The van der Waals surface area contributed by atoms with E-state index in [-0.39, 0.29) is 11.9 Å². The van der Waals surface area contributed by atoms with Crippen molar-refractivity contribution in [3.05, 3.63) is 65.2 Å². The minimum atomic E-state index is -0.0468. The van der Waals surface area contributed by atoms with Crippen molar-refractivity contribution in [3.63, 3.8) is 0 Å². The molecule has 1 unspecified atom stereocenters. The number of nitrogens with one attached hydrogen (secondary N) is 1. The number of nitrogens with zero attached hydrogens (tertiary/aromatic N) is 1. The second-order valence-corrected chi connectivity index (χ2v) is 5.50. The lowest BCUT2D eigenvalue weighted by atomic mass is 10.0. The van der Waals surface area contributed by atoms with Gasteiger partial charge < -0.3 is 10.2 Å². The summed E-state index contributed by atoms with van der Waals surface area (Å²) in [5.74, 6) is -0.0468. The summed E-state index contributed by atoms with van der Waals surface area (Å²) in [6.45, 7) is 4.07. The largest absolute Gasteiger partial charge is 0.378 e. The third-order valence-electron chi connectivity index (χ3n) is 3.63. The first-order valence-corrected chi connectivity index (χ1v) is 7.13. The maximum atomic E-state index is 12.4. The van der Waals surface area contributed by atoms with Gasteiger partial charge in [0.1, 0.15) is 0 Å². The van der Waals surface area contributed by atoms with E-state index in [1.807, 2.05) is 62.3 Å². The number of hydrogen-bond acceptors (Lipinski definition) is 2. The summed E-state index contributed by atoms with van der Waals surface area (Å²) in [5.41, 5.74) is 4.04. The van der Waals surface area contributed by atoms with Gasteiger partial charge in [0.15, 0.2) is 0 Å². The van der Waals surface area contributed by atoms with Gasteiger partial charge in [-0.25, -0.2) is 0 Å². The first-order valence-electron chi connectivity index (χ1n) is 7.13. The summed E-state index contributed by atoms with van der Waals surface area (Å²) in [7, 11) is 3.93. The molecule has 2 aromatic carbocycles. The summed E-state index contributed by atoms with van der Waals surface area (Å²) in [6.07, 6.45) is 0. The number of carbonyl (C=O) groups excluding carboxylic acids is 1. The van der Waals surface area contributed by atoms with E-state index in [1.54, 1.807) is 0 Å². The quantitative estimate of drug-likeness (QED) is 0.930. The monoisotopic (exact) mass is 282 g/mol. The first kappa shape index (κ1) is 15.1. The van der Waals surface area contributed by atoms with Crippen molar-refractivity contribution in [2.24, 2.45) is 0 Å². The van der Waals surface area contributed by atoms with Crippen molar-refractivity contribution in [1.82, 2.24) is 5.32 Å². The Morgan fingerprint density at radius 1 is 1.10 bits per heavy atom. The predicted molar refractivity (Wildman–Crippen MR) is 87.8 cm³/mol. The molecule has 0 fully saturated rings. The number of anilines is 1. The topological polar surface area (TPSA) is 32.3 Å². The molecular weight excluding hydrogens is 260 g/mol. The second-order valence-electron chi connectivity index (χ2n) is 5.50. The van der Waals surface area contributed by atoms with Gasteiger partial charge in [0.25, 0.3) is 5.91 Å². The molecule has 1 atom stereocenters. The molecule has 0 aliphatic carbocycles. The van der Waals surface area contributed by atoms with Crippen LogP contribution in [0.2, 0.25) is 0 Å². The van der Waals surface area contributed by atoms with Crippen molar-refractivity contribution in [1.29, 1.82) is 0 Å². The van der Waals surface area contributed by atoms with E-state index in [2.05, 4.69) is 24.4 Å². The summed E-state index contributed by atoms with van der Waals surface area (Å²) in [5, 5.41) is 3.06. The van der Waals surface area contributed by atoms with Crippen molar-refractivity contribution >= 4 is 11.6 Å². The van der Waals surface area contributed by atoms with E-state index in [1.165, 1.54) is 5.56 Å². The molecule has 1 amide bonds. The predicted octanol–water partition coefficient (Wildman–Crippen LogP) is 3.55. The summed E-state index contributed by atoms with van der Waals surface area (Å²) < 4.78 is 0. The Morgan fingerprint density at radius 2 is 1.81 bits per heavy atom. The summed E-state index contributed by atoms with van der Waals surface area (Å²) >= 11 is 0. The number of benzene rings is 2. The van der Waals surface area contributed by atoms with Gasteiger partial charge in [-0.15, -0.1) is 0 Å². The zero-order valence-corrected chi connectivity index (χ0v) is 13.1. The van der Waals surface area contributed by atoms with Crippen LogP contribution in [0, 0.1) is 6.92 Å². The lowest BCUT2D eigenvalue weighted by molar-refractivity contribution is 0.0940. The third-order valence-corrected chi connectivity index (χ3v) is 3.63. The van der Waals surface area contributed by atoms with Crippen LogP contribution in [0.4, 0.5) is 5.69 Å². The Labute approximate surface area is 126 Å². The van der Waals surface area contributed by atoms with Crippen molar-refractivity contribution in [2.45, 2.75) is 19.9 Å². The number of aryl methyl sites for hydroxylation is 1. The molecule has 110 valence electrons. The SMILES string of the molecule is Cc1ccccc1C(C)NC(=O)c1cccc(N(C)C)c1. The zero-order valence-electron chi connectivity index (χ0n) is 13.1. The van der Waals surface area contributed by atoms with E-state index in [4.69, 9.17) is 0 Å². The Morgan fingerprint density at radius 3 is 2.48 bits per heavy atom. The second kappa shape index (κ2) is 6.44. The van der Waals surface area contributed by atoms with Gasteiger partial charge >= 0.3 is 0 Å². The van der Waals surface area contributed by atoms with Gasteiger partial charge in [-0.1, -0.05) is 30.3 Å². The molecule has 0 aliphatic heterocycles. The zero-order chi connectivity index (χ0) is 15.4. The molecule has 0 saturated heterocycles. The lowest BCUT2D eigenvalue weighted by Gasteiger charge is -2.18. The van der Waals surface area contributed by atoms with E-state index in [9.17, 15) is 4.79 Å². The van der Waals surface area contributed by atoms with Crippen LogP contribution in [-0.2, 0) is 0 Å². The summed E-state index contributed by atoms with van der Waals surface area (Å²) in [6, 6.07) is 15.7. The van der Waals surface area contributed by atoms with Crippen LogP contribution in [0.5, 0.6) is 0 Å². The van der Waals surface area contributed by atoms with Crippen LogP contribution in [0.15, 0.2) is 48.5 Å². The standard InChI is InChI=1S/C18H22N2O/c1-13-8-5-6-11-17(13)14(2)19-18(21)15-9-7-10-16(12-15)20(3)4/h5-12,14H,1-4H3,(H,19,21). The molecule has 0 spiro atoms. The highest BCUT2D eigenvalue weighted by Gasteiger charge is 2.13. The molecule has 0 aliphatic rings. The van der Waals surface area contributed by atoms with Gasteiger partial charge in [-0.05, 0) is 43.2 Å². The van der Waals surface area contributed by atoms with Gasteiger partial charge in [0.05, 0.1) is 6.04 Å². The lowest BCUT2D eigenvalue weighted by Crippen LogP contribution is -2.27. The molecule has 0 bridgehead atoms. The molecule has 21 heavy (non-hydrogen) atoms. The highest BCUT2D eigenvalue weighted by atomic mass is 16.1. The molecule has 2 rings (SSSR count). The Kier molecular flexibility index (Phi) is 4.63. The molecule has 0 radical (unpaired) electrons. The van der Waals surface area contributed by atoms with Crippen molar-refractivity contribution in [2.75, 3.05) is 19.0 Å². The van der Waals surface area contributed by atoms with Crippen LogP contribution in [0.3, 0.4) is 0 Å². The fraction of sp³-hybridized carbons (Fsp3) is 0.278. The fourth-order valence-corrected chi connectivity index (χ4v) is 2.36. The minimum absolute atomic E-state index is 0.0123. The van der Waals surface area contributed by atoms with Gasteiger partial charge in [-0.2, -0.15) is 0 Å². The average molecular weight is 282 g/mol. The fourth-order valence-electron chi connectivity index (χ4n) is 2.36. The molecule has 2 aromatic rings. The molecule has 3 nitrogen and oxygen atoms in total. The molecular formula is C18H22N2O. The maximum absolute atomic E-state index is 12.4. The van der Waals surface area contributed by atoms with E-state index >= 15 is 0 Å². The van der Waals surface area contributed by atoms with Crippen LogP contribution in [0.25, 0.3) is 0 Å². The minimum Gasteiger partial charge on any atom is -0.378 e. The first-order chi connectivity index (χ1) is 9.99. The number of hydrogen-bond donors (Lipinski definition) is 1. The van der Waals surface area contributed by atoms with Crippen molar-refractivity contribution in [3.8, 4) is 0 Å². The molecule has 0 saturated carbocycles. The maximum Gasteiger partial charge on any atom is 0.251 e. The molecule has 0 heterocycles. The van der Waals surface area contributed by atoms with Gasteiger partial charge in [0.2, 0.25) is 0 Å². The van der Waals surface area contributed by atoms with Crippen LogP contribution >= 0.6 is 0 Å². The highest BCUT2D eigenvalue weighted by Crippen LogP contribution is 2.18. The number of carbonyl (C=O) groups is 1. The van der Waals surface area contributed by atoms with Gasteiger partial charge in [0, 0.05) is 25.3 Å². The Balaban J connectivity index is 2.15.